The summed E-state index contributed by atoms with van der Waals surface area (Å²) in [6.45, 7) is 4.17. The smallest absolute Gasteiger partial charge is 0.246 e. The first kappa shape index (κ1) is 13.9. The molecule has 0 radical (unpaired) electrons. The Morgan fingerprint density at radius 2 is 2.21 bits per heavy atom. The van der Waals surface area contributed by atoms with Crippen LogP contribution in [0.1, 0.15) is 31.4 Å². The van der Waals surface area contributed by atoms with Gasteiger partial charge in [-0.2, -0.15) is 0 Å². The van der Waals surface area contributed by atoms with Gasteiger partial charge in [0.15, 0.2) is 0 Å². The minimum Gasteiger partial charge on any atom is -0.487 e. The summed E-state index contributed by atoms with van der Waals surface area (Å²) < 4.78 is 5.89. The van der Waals surface area contributed by atoms with Crippen molar-refractivity contribution < 1.29 is 14.4 Å². The first-order chi connectivity index (χ1) is 8.93. The van der Waals surface area contributed by atoms with E-state index in [0.29, 0.717) is 6.42 Å². The number of nitrogens with zero attached hydrogens (tertiary/aromatic N) is 1. The zero-order valence-electron chi connectivity index (χ0n) is 12.0. The molecular formula is C15H21NO3. The molecule has 1 amide bonds. The SMILES string of the molecule is CON(C)C(=O)CCc1cccc2c1CC(C)(C)O2. The molecule has 0 unspecified atom stereocenters. The van der Waals surface area contributed by atoms with Crippen molar-refractivity contribution in [1.29, 1.82) is 0 Å². The first-order valence-corrected chi connectivity index (χ1v) is 6.53. The third-order valence-corrected chi connectivity index (χ3v) is 3.45. The van der Waals surface area contributed by atoms with Gasteiger partial charge in [-0.15, -0.1) is 0 Å². The summed E-state index contributed by atoms with van der Waals surface area (Å²) in [5, 5.41) is 1.27. The van der Waals surface area contributed by atoms with Crippen LogP contribution in [0.2, 0.25) is 0 Å². The molecular weight excluding hydrogens is 242 g/mol. The molecule has 1 aromatic rings. The van der Waals surface area contributed by atoms with Crippen molar-refractivity contribution in [2.24, 2.45) is 0 Å². The molecule has 19 heavy (non-hydrogen) atoms. The number of hydroxylamine groups is 2. The summed E-state index contributed by atoms with van der Waals surface area (Å²) in [5.41, 5.74) is 2.28. The third kappa shape index (κ3) is 3.07. The zero-order valence-corrected chi connectivity index (χ0v) is 12.0. The number of carbonyl (C=O) groups excluding carboxylic acids is 1. The molecule has 1 aromatic carbocycles. The summed E-state index contributed by atoms with van der Waals surface area (Å²) in [7, 11) is 3.12. The molecule has 0 atom stereocenters. The second-order valence-electron chi connectivity index (χ2n) is 5.51. The van der Waals surface area contributed by atoms with Crippen molar-refractivity contribution in [3.8, 4) is 5.75 Å². The second kappa shape index (κ2) is 5.21. The molecule has 0 saturated carbocycles. The number of rotatable bonds is 4. The van der Waals surface area contributed by atoms with Crippen LogP contribution in [0.15, 0.2) is 18.2 Å². The number of amides is 1. The lowest BCUT2D eigenvalue weighted by atomic mass is 9.95. The Labute approximate surface area is 114 Å². The van der Waals surface area contributed by atoms with Crippen LogP contribution in [0.4, 0.5) is 0 Å². The topological polar surface area (TPSA) is 38.8 Å². The van der Waals surface area contributed by atoms with Crippen molar-refractivity contribution in [3.05, 3.63) is 29.3 Å². The standard InChI is InChI=1S/C15H21NO3/c1-15(2)10-12-11(6-5-7-13(12)19-15)8-9-14(17)16(3)18-4/h5-7H,8-10H2,1-4H3. The number of hydrogen-bond donors (Lipinski definition) is 0. The van der Waals surface area contributed by atoms with Gasteiger partial charge in [0.2, 0.25) is 5.91 Å². The van der Waals surface area contributed by atoms with Crippen LogP contribution < -0.4 is 4.74 Å². The van der Waals surface area contributed by atoms with Gasteiger partial charge in [0, 0.05) is 25.5 Å². The zero-order chi connectivity index (χ0) is 14.0. The quantitative estimate of drug-likeness (QED) is 0.783. The summed E-state index contributed by atoms with van der Waals surface area (Å²) >= 11 is 0. The summed E-state index contributed by atoms with van der Waals surface area (Å²) in [6.07, 6.45) is 2.06. The lowest BCUT2D eigenvalue weighted by Gasteiger charge is -2.16. The van der Waals surface area contributed by atoms with Crippen LogP contribution >= 0.6 is 0 Å². The maximum Gasteiger partial charge on any atom is 0.246 e. The molecule has 0 fully saturated rings. The predicted octanol–water partition coefficient (Wildman–Crippen LogP) is 2.35. The van der Waals surface area contributed by atoms with Crippen molar-refractivity contribution in [2.45, 2.75) is 38.7 Å². The molecule has 4 heteroatoms. The van der Waals surface area contributed by atoms with Crippen LogP contribution in [0.25, 0.3) is 0 Å². The largest absolute Gasteiger partial charge is 0.487 e. The van der Waals surface area contributed by atoms with Gasteiger partial charge in [-0.05, 0) is 31.9 Å². The van der Waals surface area contributed by atoms with E-state index in [1.165, 1.54) is 23.3 Å². The van der Waals surface area contributed by atoms with Crippen LogP contribution in [-0.4, -0.2) is 30.7 Å². The van der Waals surface area contributed by atoms with Gasteiger partial charge >= 0.3 is 0 Å². The summed E-state index contributed by atoms with van der Waals surface area (Å²) in [6, 6.07) is 6.06. The lowest BCUT2D eigenvalue weighted by molar-refractivity contribution is -0.168. The van der Waals surface area contributed by atoms with Crippen molar-refractivity contribution in [3.63, 3.8) is 0 Å². The van der Waals surface area contributed by atoms with Crippen LogP contribution in [-0.2, 0) is 22.5 Å². The van der Waals surface area contributed by atoms with Gasteiger partial charge < -0.3 is 4.74 Å². The molecule has 0 aliphatic carbocycles. The Hall–Kier alpha value is -1.55. The van der Waals surface area contributed by atoms with E-state index in [1.807, 2.05) is 12.1 Å². The van der Waals surface area contributed by atoms with E-state index in [0.717, 1.165) is 18.6 Å². The normalized spacial score (nSPS) is 15.8. The second-order valence-corrected chi connectivity index (χ2v) is 5.51. The van der Waals surface area contributed by atoms with Gasteiger partial charge in [-0.3, -0.25) is 9.63 Å². The van der Waals surface area contributed by atoms with E-state index in [9.17, 15) is 4.79 Å². The van der Waals surface area contributed by atoms with Crippen molar-refractivity contribution >= 4 is 5.91 Å². The average molecular weight is 263 g/mol. The Balaban J connectivity index is 2.08. The van der Waals surface area contributed by atoms with Gasteiger partial charge in [0.25, 0.3) is 0 Å². The Bertz CT molecular complexity index is 482. The fourth-order valence-electron chi connectivity index (χ4n) is 2.40. The fraction of sp³-hybridized carbons (Fsp3) is 0.533. The molecule has 104 valence electrons. The molecule has 0 bridgehead atoms. The minimum atomic E-state index is -0.147. The Morgan fingerprint density at radius 1 is 1.47 bits per heavy atom. The van der Waals surface area contributed by atoms with E-state index >= 15 is 0 Å². The molecule has 1 heterocycles. The maximum atomic E-state index is 11.7. The van der Waals surface area contributed by atoms with Gasteiger partial charge in [0.1, 0.15) is 11.4 Å². The summed E-state index contributed by atoms with van der Waals surface area (Å²) in [5.74, 6) is 0.938. The highest BCUT2D eigenvalue weighted by atomic mass is 16.7. The Kier molecular flexibility index (Phi) is 3.80. The molecule has 1 aliphatic heterocycles. The molecule has 4 nitrogen and oxygen atoms in total. The summed E-state index contributed by atoms with van der Waals surface area (Å²) in [4.78, 5) is 16.6. The maximum absolute atomic E-state index is 11.7. The molecule has 1 aliphatic rings. The monoisotopic (exact) mass is 263 g/mol. The van der Waals surface area contributed by atoms with Crippen molar-refractivity contribution in [2.75, 3.05) is 14.2 Å². The van der Waals surface area contributed by atoms with Gasteiger partial charge in [-0.25, -0.2) is 5.06 Å². The van der Waals surface area contributed by atoms with Crippen LogP contribution in [0.3, 0.4) is 0 Å². The van der Waals surface area contributed by atoms with E-state index in [1.54, 1.807) is 7.05 Å². The molecule has 0 N–H and O–H groups in total. The highest BCUT2D eigenvalue weighted by Crippen LogP contribution is 2.37. The van der Waals surface area contributed by atoms with E-state index in [-0.39, 0.29) is 11.5 Å². The van der Waals surface area contributed by atoms with Gasteiger partial charge in [-0.1, -0.05) is 12.1 Å². The average Bonchev–Trinajstić information content (AvgIpc) is 2.69. The van der Waals surface area contributed by atoms with Gasteiger partial charge in [0.05, 0.1) is 7.11 Å². The van der Waals surface area contributed by atoms with Crippen LogP contribution in [0, 0.1) is 0 Å². The molecule has 0 saturated heterocycles. The number of aryl methyl sites for hydroxylation is 1. The number of carbonyl (C=O) groups is 1. The minimum absolute atomic E-state index is 0.0155. The highest BCUT2D eigenvalue weighted by Gasteiger charge is 2.31. The fourth-order valence-corrected chi connectivity index (χ4v) is 2.40. The Morgan fingerprint density at radius 3 is 2.89 bits per heavy atom. The number of hydrogen-bond acceptors (Lipinski definition) is 3. The number of benzene rings is 1. The third-order valence-electron chi connectivity index (χ3n) is 3.45. The molecule has 0 aromatic heterocycles. The van der Waals surface area contributed by atoms with E-state index in [4.69, 9.17) is 9.57 Å². The lowest BCUT2D eigenvalue weighted by Crippen LogP contribution is -2.26. The van der Waals surface area contributed by atoms with Crippen molar-refractivity contribution in [1.82, 2.24) is 5.06 Å². The molecule has 2 rings (SSSR count). The highest BCUT2D eigenvalue weighted by molar-refractivity contribution is 5.75. The predicted molar refractivity (Wildman–Crippen MR) is 73.0 cm³/mol. The number of fused-ring (bicyclic) bond motifs is 1. The van der Waals surface area contributed by atoms with E-state index < -0.39 is 0 Å². The molecule has 0 spiro atoms. The number of ether oxygens (including phenoxy) is 1. The van der Waals surface area contributed by atoms with Crippen LogP contribution in [0.5, 0.6) is 5.75 Å². The van der Waals surface area contributed by atoms with E-state index in [2.05, 4.69) is 19.9 Å². The first-order valence-electron chi connectivity index (χ1n) is 6.53.